The number of benzene rings is 3. The molecule has 0 radical (unpaired) electrons. The zero-order chi connectivity index (χ0) is 23.8. The van der Waals surface area contributed by atoms with E-state index in [1.807, 2.05) is 47.3 Å². The van der Waals surface area contributed by atoms with E-state index in [4.69, 9.17) is 8.80 Å². The molecule has 0 saturated carbocycles. The molecule has 34 heavy (non-hydrogen) atoms. The Bertz CT molecular complexity index is 1330. The molecule has 3 N–H and O–H groups in total. The zero-order valence-corrected chi connectivity index (χ0v) is 21.2. The number of para-hydroxylation sites is 1. The van der Waals surface area contributed by atoms with Crippen LogP contribution in [0.25, 0.3) is 10.8 Å². The van der Waals surface area contributed by atoms with Crippen molar-refractivity contribution in [3.8, 4) is 0 Å². The minimum atomic E-state index is 0.217. The summed E-state index contributed by atoms with van der Waals surface area (Å²) in [5, 5.41) is 5.85. The lowest BCUT2D eigenvalue weighted by Crippen LogP contribution is -2.12. The van der Waals surface area contributed by atoms with E-state index in [-0.39, 0.29) is 5.96 Å². The number of nitrogens with zero attached hydrogens (tertiary/aromatic N) is 2. The molecular formula is C28H27IN4O. The molecule has 1 aliphatic heterocycles. The number of anilines is 1. The molecule has 4 rings (SSSR count). The highest BCUT2D eigenvalue weighted by molar-refractivity contribution is 14.1. The molecule has 0 spiro atoms. The van der Waals surface area contributed by atoms with Crippen LogP contribution in [-0.2, 0) is 15.9 Å². The zero-order valence-electron chi connectivity index (χ0n) is 19.1. The molecule has 0 bridgehead atoms. The van der Waals surface area contributed by atoms with Crippen molar-refractivity contribution in [3.63, 3.8) is 0 Å². The third-order valence-corrected chi connectivity index (χ3v) is 5.98. The second-order valence-corrected chi connectivity index (χ2v) is 8.79. The van der Waals surface area contributed by atoms with Crippen molar-refractivity contribution in [2.45, 2.75) is 26.2 Å². The Morgan fingerprint density at radius 2 is 1.85 bits per heavy atom. The van der Waals surface area contributed by atoms with Crippen LogP contribution in [0.4, 0.5) is 5.69 Å². The summed E-state index contributed by atoms with van der Waals surface area (Å²) < 4.78 is 5.19. The molecule has 0 aromatic heterocycles. The van der Waals surface area contributed by atoms with Gasteiger partial charge >= 0.3 is 0 Å². The number of hydrogen-bond donors (Lipinski definition) is 2. The Hall–Kier alpha value is -3.19. The minimum Gasteiger partial charge on any atom is -0.368 e. The van der Waals surface area contributed by atoms with Crippen molar-refractivity contribution in [2.75, 3.05) is 11.9 Å². The first-order valence-corrected chi connectivity index (χ1v) is 12.1. The van der Waals surface area contributed by atoms with E-state index in [0.717, 1.165) is 29.8 Å². The van der Waals surface area contributed by atoms with E-state index in [9.17, 15) is 0 Å². The summed E-state index contributed by atoms with van der Waals surface area (Å²) in [5.41, 5.74) is 14.7. The summed E-state index contributed by atoms with van der Waals surface area (Å²) in [6.07, 6.45) is 6.46. The number of guanidine groups is 1. The van der Waals surface area contributed by atoms with Crippen LogP contribution >= 0.6 is 23.0 Å². The average Bonchev–Trinajstić information content (AvgIpc) is 3.02. The van der Waals surface area contributed by atoms with Crippen molar-refractivity contribution >= 4 is 51.1 Å². The van der Waals surface area contributed by atoms with Crippen molar-refractivity contribution in [1.82, 2.24) is 0 Å². The number of halogens is 1. The Balaban J connectivity index is 1.44. The van der Waals surface area contributed by atoms with Crippen LogP contribution in [0, 0.1) is 0 Å². The van der Waals surface area contributed by atoms with Gasteiger partial charge in [-0.3, -0.25) is 0 Å². The van der Waals surface area contributed by atoms with Gasteiger partial charge in [0.15, 0.2) is 5.82 Å². The SMILES string of the molecule is C/C(=C\Cc1ccc2ccccc2c1)CC1=NC(N)=NC(Nc2ccccc2CCOI)=C=C1. The fraction of sp³-hybridized carbons (Fsp3) is 0.179. The fourth-order valence-corrected chi connectivity index (χ4v) is 4.03. The van der Waals surface area contributed by atoms with E-state index < -0.39 is 0 Å². The quantitative estimate of drug-likeness (QED) is 0.178. The summed E-state index contributed by atoms with van der Waals surface area (Å²) in [7, 11) is 0. The maximum Gasteiger partial charge on any atom is 0.222 e. The predicted octanol–water partition coefficient (Wildman–Crippen LogP) is 6.51. The van der Waals surface area contributed by atoms with Gasteiger partial charge in [0.25, 0.3) is 0 Å². The molecule has 3 aromatic carbocycles. The molecule has 1 heterocycles. The Morgan fingerprint density at radius 3 is 2.71 bits per heavy atom. The van der Waals surface area contributed by atoms with E-state index in [1.54, 1.807) is 0 Å². The van der Waals surface area contributed by atoms with Gasteiger partial charge in [-0.25, -0.2) is 4.99 Å². The van der Waals surface area contributed by atoms with Gasteiger partial charge in [0.1, 0.15) is 23.0 Å². The highest BCUT2D eigenvalue weighted by atomic mass is 127. The molecule has 6 heteroatoms. The third-order valence-electron chi connectivity index (χ3n) is 5.54. The molecule has 0 amide bonds. The molecule has 0 unspecified atom stereocenters. The topological polar surface area (TPSA) is 72.0 Å². The summed E-state index contributed by atoms with van der Waals surface area (Å²) >= 11 is 1.91. The monoisotopic (exact) mass is 562 g/mol. The second-order valence-electron chi connectivity index (χ2n) is 8.17. The second kappa shape index (κ2) is 11.8. The Morgan fingerprint density at radius 1 is 1.06 bits per heavy atom. The molecule has 3 aromatic rings. The predicted molar refractivity (Wildman–Crippen MR) is 150 cm³/mol. The van der Waals surface area contributed by atoms with Crippen molar-refractivity contribution < 1.29 is 3.07 Å². The normalized spacial score (nSPS) is 13.8. The molecule has 5 nitrogen and oxygen atoms in total. The van der Waals surface area contributed by atoms with Crippen molar-refractivity contribution in [2.24, 2.45) is 15.7 Å². The van der Waals surface area contributed by atoms with Crippen LogP contribution in [0.5, 0.6) is 0 Å². The Kier molecular flexibility index (Phi) is 8.31. The van der Waals surface area contributed by atoms with Gasteiger partial charge < -0.3 is 14.1 Å². The fourth-order valence-electron chi connectivity index (χ4n) is 3.81. The largest absolute Gasteiger partial charge is 0.368 e. The van der Waals surface area contributed by atoms with E-state index >= 15 is 0 Å². The Labute approximate surface area is 214 Å². The van der Waals surface area contributed by atoms with E-state index in [2.05, 4.69) is 82.6 Å². The first-order valence-electron chi connectivity index (χ1n) is 11.2. The number of fused-ring (bicyclic) bond motifs is 1. The van der Waals surface area contributed by atoms with Gasteiger partial charge in [0, 0.05) is 18.2 Å². The maximum atomic E-state index is 6.08. The van der Waals surface area contributed by atoms with Gasteiger partial charge in [-0.2, -0.15) is 4.99 Å². The number of nitrogens with one attached hydrogen (secondary N) is 1. The van der Waals surface area contributed by atoms with Crippen LogP contribution in [-0.4, -0.2) is 18.3 Å². The van der Waals surface area contributed by atoms with Crippen LogP contribution < -0.4 is 11.1 Å². The molecule has 172 valence electrons. The standard InChI is InChI=1S/C28H27IN4O/c1-20(10-11-21-12-13-22-6-2-3-8-24(22)19-21)18-25-14-15-27(33-28(30)31-25)32-26-9-5-4-7-23(26)16-17-34-29/h2-10,12-14,19,32H,11,16-18H2,1H3,(H2,30,33)/b20-10+. The number of rotatable bonds is 9. The average molecular weight is 562 g/mol. The lowest BCUT2D eigenvalue weighted by atomic mass is 10.0. The van der Waals surface area contributed by atoms with Gasteiger partial charge in [-0.1, -0.05) is 78.0 Å². The van der Waals surface area contributed by atoms with Crippen molar-refractivity contribution in [3.05, 3.63) is 107 Å². The summed E-state index contributed by atoms with van der Waals surface area (Å²) in [6.45, 7) is 2.75. The molecular weight excluding hydrogens is 535 g/mol. The van der Waals surface area contributed by atoms with Crippen molar-refractivity contribution in [1.29, 1.82) is 0 Å². The summed E-state index contributed by atoms with van der Waals surface area (Å²) in [6, 6.07) is 23.1. The highest BCUT2D eigenvalue weighted by Gasteiger charge is 2.07. The smallest absolute Gasteiger partial charge is 0.222 e. The van der Waals surface area contributed by atoms with Crippen LogP contribution in [0.1, 0.15) is 24.5 Å². The summed E-state index contributed by atoms with van der Waals surface area (Å²) in [4.78, 5) is 8.87. The maximum absolute atomic E-state index is 6.08. The lowest BCUT2D eigenvalue weighted by Gasteiger charge is -2.10. The highest BCUT2D eigenvalue weighted by Crippen LogP contribution is 2.20. The van der Waals surface area contributed by atoms with E-state index in [0.29, 0.717) is 18.8 Å². The summed E-state index contributed by atoms with van der Waals surface area (Å²) in [5.74, 6) is 0.756. The first kappa shape index (κ1) is 24.0. The van der Waals surface area contributed by atoms with Crippen LogP contribution in [0.2, 0.25) is 0 Å². The van der Waals surface area contributed by atoms with E-state index in [1.165, 1.54) is 21.9 Å². The molecule has 1 aliphatic rings. The molecule has 0 aliphatic carbocycles. The van der Waals surface area contributed by atoms with Crippen LogP contribution in [0.3, 0.4) is 0 Å². The van der Waals surface area contributed by atoms with Gasteiger partial charge in [0.2, 0.25) is 5.96 Å². The molecule has 0 atom stereocenters. The molecule has 0 saturated heterocycles. The lowest BCUT2D eigenvalue weighted by molar-refractivity contribution is 0.432. The number of hydrogen-bond acceptors (Lipinski definition) is 5. The minimum absolute atomic E-state index is 0.217. The van der Waals surface area contributed by atoms with Gasteiger partial charge in [0.05, 0.1) is 12.3 Å². The van der Waals surface area contributed by atoms with Gasteiger partial charge in [-0.05, 0) is 47.7 Å². The number of nitrogens with two attached hydrogens (primary N) is 1. The molecule has 0 fully saturated rings. The number of allylic oxidation sites excluding steroid dienone is 3. The van der Waals surface area contributed by atoms with Crippen LogP contribution in [0.15, 0.2) is 106 Å². The third kappa shape index (κ3) is 6.67. The number of aliphatic imine (C=N–C) groups is 2. The first-order chi connectivity index (χ1) is 16.6. The van der Waals surface area contributed by atoms with Gasteiger partial charge in [-0.15, -0.1) is 0 Å².